The first kappa shape index (κ1) is 17.5. The first-order chi connectivity index (χ1) is 13.1. The Kier molecular flexibility index (Phi) is 4.81. The molecule has 0 radical (unpaired) electrons. The summed E-state index contributed by atoms with van der Waals surface area (Å²) in [6.07, 6.45) is 6.53. The van der Waals surface area contributed by atoms with Crippen molar-refractivity contribution in [2.45, 2.75) is 36.1 Å². The number of aromatic nitrogens is 2. The summed E-state index contributed by atoms with van der Waals surface area (Å²) < 4.78 is 1.97. The number of carbonyl (C=O) groups is 2. The number of carbonyl (C=O) groups excluding carboxylic acids is 2. The largest absolute Gasteiger partial charge is 0.337 e. The minimum absolute atomic E-state index is 0.00540. The van der Waals surface area contributed by atoms with E-state index in [0.717, 1.165) is 34.1 Å². The molecule has 4 rings (SSSR count). The zero-order valence-corrected chi connectivity index (χ0v) is 15.8. The summed E-state index contributed by atoms with van der Waals surface area (Å²) in [7, 11) is 0. The Balaban J connectivity index is 1.64. The molecule has 1 aliphatic rings. The van der Waals surface area contributed by atoms with E-state index >= 15 is 0 Å². The van der Waals surface area contributed by atoms with E-state index in [1.807, 2.05) is 53.2 Å². The molecule has 1 aliphatic heterocycles. The molecule has 0 saturated carbocycles. The van der Waals surface area contributed by atoms with Gasteiger partial charge in [0, 0.05) is 40.7 Å². The smallest absolute Gasteiger partial charge is 0.231 e. The van der Waals surface area contributed by atoms with Gasteiger partial charge in [0.05, 0.1) is 17.7 Å². The molecule has 0 unspecified atom stereocenters. The van der Waals surface area contributed by atoms with Crippen molar-refractivity contribution < 1.29 is 9.59 Å². The number of anilines is 2. The third kappa shape index (κ3) is 3.53. The Morgan fingerprint density at radius 1 is 1.07 bits per heavy atom. The molecule has 0 N–H and O–H groups in total. The number of para-hydroxylation sites is 1. The van der Waals surface area contributed by atoms with Gasteiger partial charge in [-0.3, -0.25) is 14.5 Å². The summed E-state index contributed by atoms with van der Waals surface area (Å²) in [4.78, 5) is 32.8. The van der Waals surface area contributed by atoms with Crippen LogP contribution in [0, 0.1) is 0 Å². The van der Waals surface area contributed by atoms with Gasteiger partial charge in [0.15, 0.2) is 5.78 Å². The molecule has 136 valence electrons. The number of fused-ring (bicyclic) bond motifs is 2. The van der Waals surface area contributed by atoms with Crippen LogP contribution in [0.3, 0.4) is 0 Å². The second-order valence-electron chi connectivity index (χ2n) is 6.44. The Morgan fingerprint density at radius 3 is 2.67 bits per heavy atom. The van der Waals surface area contributed by atoms with Crippen molar-refractivity contribution >= 4 is 34.8 Å². The lowest BCUT2D eigenvalue weighted by atomic mass is 10.1. The van der Waals surface area contributed by atoms with Crippen LogP contribution in [0.2, 0.25) is 0 Å². The van der Waals surface area contributed by atoms with Crippen LogP contribution in [0.15, 0.2) is 71.0 Å². The van der Waals surface area contributed by atoms with Gasteiger partial charge in [0.25, 0.3) is 0 Å². The molecule has 1 aromatic heterocycles. The number of aryl methyl sites for hydroxylation is 1. The zero-order valence-electron chi connectivity index (χ0n) is 15.0. The van der Waals surface area contributed by atoms with Crippen molar-refractivity contribution in [3.8, 4) is 0 Å². The van der Waals surface area contributed by atoms with E-state index in [1.54, 1.807) is 36.1 Å². The molecule has 0 saturated heterocycles. The second kappa shape index (κ2) is 7.40. The van der Waals surface area contributed by atoms with Gasteiger partial charge in [0.1, 0.15) is 0 Å². The number of Topliss-reactive ketones (excluding diaryl/α,β-unsaturated/α-hetero) is 1. The van der Waals surface area contributed by atoms with Crippen molar-refractivity contribution in [1.29, 1.82) is 0 Å². The summed E-state index contributed by atoms with van der Waals surface area (Å²) in [6, 6.07) is 13.5. The highest BCUT2D eigenvalue weighted by Crippen LogP contribution is 2.48. The van der Waals surface area contributed by atoms with Crippen LogP contribution in [0.1, 0.15) is 30.1 Å². The van der Waals surface area contributed by atoms with Gasteiger partial charge in [-0.05, 0) is 37.6 Å². The Bertz CT molecular complexity index is 998. The molecule has 0 atom stereocenters. The lowest BCUT2D eigenvalue weighted by Crippen LogP contribution is -2.28. The van der Waals surface area contributed by atoms with Gasteiger partial charge in [-0.25, -0.2) is 4.98 Å². The predicted octanol–water partition coefficient (Wildman–Crippen LogP) is 4.70. The van der Waals surface area contributed by atoms with Crippen LogP contribution >= 0.6 is 11.8 Å². The van der Waals surface area contributed by atoms with Gasteiger partial charge in [0.2, 0.25) is 5.91 Å². The Morgan fingerprint density at radius 2 is 1.89 bits per heavy atom. The molecular weight excluding hydrogens is 358 g/mol. The zero-order chi connectivity index (χ0) is 18.8. The van der Waals surface area contributed by atoms with Crippen LogP contribution in [-0.4, -0.2) is 21.2 Å². The van der Waals surface area contributed by atoms with Crippen molar-refractivity contribution in [3.63, 3.8) is 0 Å². The molecule has 2 heterocycles. The molecule has 3 aromatic rings. The number of benzene rings is 2. The van der Waals surface area contributed by atoms with E-state index in [-0.39, 0.29) is 11.7 Å². The van der Waals surface area contributed by atoms with E-state index < -0.39 is 0 Å². The number of hydrogen-bond donors (Lipinski definition) is 0. The van der Waals surface area contributed by atoms with E-state index in [2.05, 4.69) is 4.98 Å². The summed E-state index contributed by atoms with van der Waals surface area (Å²) in [5.41, 5.74) is 2.28. The van der Waals surface area contributed by atoms with Crippen LogP contribution in [0.4, 0.5) is 11.4 Å². The minimum Gasteiger partial charge on any atom is -0.337 e. The number of rotatable bonds is 5. The third-order valence-corrected chi connectivity index (χ3v) is 5.68. The normalized spacial score (nSPS) is 12.4. The maximum atomic E-state index is 13.1. The van der Waals surface area contributed by atoms with Gasteiger partial charge < -0.3 is 4.57 Å². The molecule has 1 amide bonds. The van der Waals surface area contributed by atoms with E-state index in [4.69, 9.17) is 0 Å². The number of ketones is 1. The third-order valence-electron chi connectivity index (χ3n) is 4.55. The van der Waals surface area contributed by atoms with E-state index in [9.17, 15) is 9.59 Å². The van der Waals surface area contributed by atoms with Crippen molar-refractivity contribution in [2.75, 3.05) is 4.90 Å². The molecule has 0 spiro atoms. The lowest BCUT2D eigenvalue weighted by molar-refractivity contribution is -0.118. The monoisotopic (exact) mass is 377 g/mol. The quantitative estimate of drug-likeness (QED) is 0.605. The van der Waals surface area contributed by atoms with Gasteiger partial charge >= 0.3 is 0 Å². The summed E-state index contributed by atoms with van der Waals surface area (Å²) >= 11 is 1.63. The fourth-order valence-corrected chi connectivity index (χ4v) is 4.22. The molecule has 0 fully saturated rings. The SMILES string of the molecule is CC(=O)c1ccc2c(c1)N(C(=O)CCCn1ccnc1)c1ccccc1S2. The maximum Gasteiger partial charge on any atom is 0.231 e. The number of amides is 1. The molecule has 2 aromatic carbocycles. The van der Waals surface area contributed by atoms with Gasteiger partial charge in [-0.2, -0.15) is 0 Å². The number of hydrogen-bond acceptors (Lipinski definition) is 4. The highest BCUT2D eigenvalue weighted by molar-refractivity contribution is 7.99. The lowest BCUT2D eigenvalue weighted by Gasteiger charge is -2.31. The molecular formula is C21H19N3O2S. The molecule has 27 heavy (non-hydrogen) atoms. The summed E-state index contributed by atoms with van der Waals surface area (Å²) in [6.45, 7) is 2.29. The Labute approximate surface area is 162 Å². The fraction of sp³-hybridized carbons (Fsp3) is 0.190. The van der Waals surface area contributed by atoms with Crippen molar-refractivity contribution in [1.82, 2.24) is 9.55 Å². The van der Waals surface area contributed by atoms with Crippen LogP contribution in [0.5, 0.6) is 0 Å². The fourth-order valence-electron chi connectivity index (χ4n) is 3.19. The first-order valence-electron chi connectivity index (χ1n) is 8.84. The van der Waals surface area contributed by atoms with Crippen LogP contribution < -0.4 is 4.90 Å². The Hall–Kier alpha value is -2.86. The number of nitrogens with zero attached hydrogens (tertiary/aromatic N) is 3. The van der Waals surface area contributed by atoms with Crippen molar-refractivity contribution in [3.05, 3.63) is 66.7 Å². The van der Waals surface area contributed by atoms with E-state index in [0.29, 0.717) is 12.0 Å². The number of imidazole rings is 1. The maximum absolute atomic E-state index is 13.1. The molecule has 0 bridgehead atoms. The minimum atomic E-state index is -0.00540. The molecule has 0 aliphatic carbocycles. The highest BCUT2D eigenvalue weighted by Gasteiger charge is 2.28. The molecule has 6 heteroatoms. The highest BCUT2D eigenvalue weighted by atomic mass is 32.2. The van der Waals surface area contributed by atoms with Crippen LogP contribution in [-0.2, 0) is 11.3 Å². The molecule has 5 nitrogen and oxygen atoms in total. The first-order valence-corrected chi connectivity index (χ1v) is 9.66. The van der Waals surface area contributed by atoms with Crippen LogP contribution in [0.25, 0.3) is 0 Å². The average molecular weight is 377 g/mol. The van der Waals surface area contributed by atoms with Gasteiger partial charge in [-0.15, -0.1) is 0 Å². The standard InChI is InChI=1S/C21H19N3O2S/c1-15(25)16-8-9-20-18(13-16)24(17-5-2-3-6-19(17)27-20)21(26)7-4-11-23-12-10-22-14-23/h2-3,5-6,8-10,12-14H,4,7,11H2,1H3. The summed E-state index contributed by atoms with van der Waals surface area (Å²) in [5.74, 6) is 0.0268. The van der Waals surface area contributed by atoms with Crippen molar-refractivity contribution in [2.24, 2.45) is 0 Å². The summed E-state index contributed by atoms with van der Waals surface area (Å²) in [5, 5.41) is 0. The van der Waals surface area contributed by atoms with E-state index in [1.165, 1.54) is 0 Å². The topological polar surface area (TPSA) is 55.2 Å². The second-order valence-corrected chi connectivity index (χ2v) is 7.53. The average Bonchev–Trinajstić information content (AvgIpc) is 3.18. The van der Waals surface area contributed by atoms with Gasteiger partial charge in [-0.1, -0.05) is 30.0 Å². The predicted molar refractivity (Wildman–Crippen MR) is 106 cm³/mol.